The molecule has 2 atom stereocenters. The minimum atomic E-state index is -0.725. The third-order valence-corrected chi connectivity index (χ3v) is 3.64. The van der Waals surface area contributed by atoms with Crippen LogP contribution in [0.5, 0.6) is 0 Å². The van der Waals surface area contributed by atoms with Gasteiger partial charge in [0.1, 0.15) is 0 Å². The lowest BCUT2D eigenvalue weighted by Crippen LogP contribution is -2.57. The topological polar surface area (TPSA) is 63.3 Å². The van der Waals surface area contributed by atoms with Crippen LogP contribution in [0.3, 0.4) is 0 Å². The van der Waals surface area contributed by atoms with E-state index < -0.39 is 16.9 Å². The molecule has 0 aromatic carbocycles. The molecule has 1 aliphatic carbocycles. The van der Waals surface area contributed by atoms with Gasteiger partial charge < -0.3 is 10.8 Å². The number of carboxylic acid groups (broad SMARTS) is 1. The van der Waals surface area contributed by atoms with Crippen LogP contribution in [0.2, 0.25) is 0 Å². The molecule has 3 nitrogen and oxygen atoms in total. The molecule has 1 fully saturated rings. The molecule has 0 heterocycles. The van der Waals surface area contributed by atoms with E-state index in [0.717, 1.165) is 19.3 Å². The first kappa shape index (κ1) is 11.5. The van der Waals surface area contributed by atoms with Crippen LogP contribution in [-0.4, -0.2) is 16.6 Å². The number of hydrogen-bond acceptors (Lipinski definition) is 2. The Morgan fingerprint density at radius 3 is 2.43 bits per heavy atom. The van der Waals surface area contributed by atoms with E-state index in [1.807, 2.05) is 13.8 Å². The third kappa shape index (κ3) is 1.78. The van der Waals surface area contributed by atoms with Gasteiger partial charge in [0.05, 0.1) is 5.41 Å². The van der Waals surface area contributed by atoms with Gasteiger partial charge in [0.25, 0.3) is 0 Å². The van der Waals surface area contributed by atoms with Gasteiger partial charge in [-0.15, -0.1) is 0 Å². The van der Waals surface area contributed by atoms with Gasteiger partial charge in [-0.1, -0.05) is 19.8 Å². The average molecular weight is 199 g/mol. The fourth-order valence-corrected chi connectivity index (χ4v) is 2.61. The molecule has 1 saturated carbocycles. The van der Waals surface area contributed by atoms with Crippen LogP contribution in [0.1, 0.15) is 46.5 Å². The minimum absolute atomic E-state index is 0.475. The number of nitrogens with two attached hydrogens (primary N) is 1. The van der Waals surface area contributed by atoms with Gasteiger partial charge in [0.2, 0.25) is 0 Å². The Bertz CT molecular complexity index is 232. The molecule has 0 amide bonds. The second kappa shape index (κ2) is 3.54. The smallest absolute Gasteiger partial charge is 0.311 e. The number of aliphatic carboxylic acids is 1. The summed E-state index contributed by atoms with van der Waals surface area (Å²) in [6, 6.07) is 0. The molecule has 14 heavy (non-hydrogen) atoms. The lowest BCUT2D eigenvalue weighted by Gasteiger charge is -2.45. The largest absolute Gasteiger partial charge is 0.481 e. The maximum atomic E-state index is 11.4. The maximum absolute atomic E-state index is 11.4. The van der Waals surface area contributed by atoms with Crippen LogP contribution in [-0.2, 0) is 4.79 Å². The van der Waals surface area contributed by atoms with Crippen molar-refractivity contribution in [1.82, 2.24) is 0 Å². The lowest BCUT2D eigenvalue weighted by molar-refractivity contribution is -0.156. The molecule has 0 radical (unpaired) electrons. The molecule has 82 valence electrons. The molecule has 0 aromatic rings. The third-order valence-electron chi connectivity index (χ3n) is 3.64. The van der Waals surface area contributed by atoms with Crippen molar-refractivity contribution < 1.29 is 9.90 Å². The summed E-state index contributed by atoms with van der Waals surface area (Å²) in [4.78, 5) is 11.4. The first-order chi connectivity index (χ1) is 6.29. The Kier molecular flexibility index (Phi) is 2.91. The molecule has 0 aromatic heterocycles. The van der Waals surface area contributed by atoms with E-state index in [-0.39, 0.29) is 0 Å². The Hall–Kier alpha value is -0.570. The summed E-state index contributed by atoms with van der Waals surface area (Å²) < 4.78 is 0. The molecule has 0 spiro atoms. The molecule has 2 unspecified atom stereocenters. The summed E-state index contributed by atoms with van der Waals surface area (Å²) in [5, 5.41) is 9.36. The van der Waals surface area contributed by atoms with E-state index in [1.54, 1.807) is 0 Å². The quantitative estimate of drug-likeness (QED) is 0.715. The van der Waals surface area contributed by atoms with Crippen LogP contribution in [0.25, 0.3) is 0 Å². The van der Waals surface area contributed by atoms with Crippen LogP contribution in [0, 0.1) is 11.3 Å². The van der Waals surface area contributed by atoms with Crippen molar-refractivity contribution in [2.24, 2.45) is 17.1 Å². The summed E-state index contributed by atoms with van der Waals surface area (Å²) in [6.07, 6.45) is 3.54. The van der Waals surface area contributed by atoms with Crippen LogP contribution in [0.15, 0.2) is 0 Å². The highest BCUT2D eigenvalue weighted by Gasteiger charge is 2.50. The first-order valence-corrected chi connectivity index (χ1v) is 5.32. The molecule has 0 bridgehead atoms. The van der Waals surface area contributed by atoms with Gasteiger partial charge in [-0.25, -0.2) is 0 Å². The van der Waals surface area contributed by atoms with Crippen molar-refractivity contribution in [3.8, 4) is 0 Å². The van der Waals surface area contributed by atoms with Gasteiger partial charge in [-0.3, -0.25) is 4.79 Å². The second-order valence-corrected chi connectivity index (χ2v) is 5.31. The molecule has 0 saturated heterocycles. The predicted octanol–water partition coefficient (Wildman–Crippen LogP) is 2.00. The van der Waals surface area contributed by atoms with E-state index in [9.17, 15) is 9.90 Å². The second-order valence-electron chi connectivity index (χ2n) is 5.31. The van der Waals surface area contributed by atoms with Crippen LogP contribution >= 0.6 is 0 Å². The van der Waals surface area contributed by atoms with Crippen molar-refractivity contribution >= 4 is 5.97 Å². The molecular weight excluding hydrogens is 178 g/mol. The summed E-state index contributed by atoms with van der Waals surface area (Å²) >= 11 is 0. The van der Waals surface area contributed by atoms with Gasteiger partial charge in [0.15, 0.2) is 0 Å². The fraction of sp³-hybridized carbons (Fsp3) is 0.909. The Labute approximate surface area is 85.7 Å². The SMILES string of the molecule is CC1CCCC(C(=O)O)(C(C)(C)N)C1. The normalized spacial score (nSPS) is 34.1. The number of hydrogen-bond donors (Lipinski definition) is 2. The molecule has 0 aliphatic heterocycles. The minimum Gasteiger partial charge on any atom is -0.481 e. The van der Waals surface area contributed by atoms with Crippen molar-refractivity contribution in [3.63, 3.8) is 0 Å². The maximum Gasteiger partial charge on any atom is 0.311 e. The summed E-state index contributed by atoms with van der Waals surface area (Å²) in [5.41, 5.74) is 4.68. The Morgan fingerprint density at radius 2 is 2.14 bits per heavy atom. The molecule has 1 rings (SSSR count). The van der Waals surface area contributed by atoms with Crippen LogP contribution < -0.4 is 5.73 Å². The summed E-state index contributed by atoms with van der Waals surface area (Å²) in [5.74, 6) is -0.251. The monoisotopic (exact) mass is 199 g/mol. The first-order valence-electron chi connectivity index (χ1n) is 5.32. The Balaban J connectivity index is 2.98. The average Bonchev–Trinajstić information content (AvgIpc) is 2.01. The highest BCUT2D eigenvalue weighted by atomic mass is 16.4. The predicted molar refractivity (Wildman–Crippen MR) is 56.0 cm³/mol. The van der Waals surface area contributed by atoms with Gasteiger partial charge in [-0.05, 0) is 32.6 Å². The zero-order valence-electron chi connectivity index (χ0n) is 9.34. The standard InChI is InChI=1S/C11H21NO2/c1-8-5-4-6-11(7-8,9(13)14)10(2,3)12/h8H,4-7,12H2,1-3H3,(H,13,14). The van der Waals surface area contributed by atoms with Gasteiger partial charge >= 0.3 is 5.97 Å². The Morgan fingerprint density at radius 1 is 1.57 bits per heavy atom. The van der Waals surface area contributed by atoms with Crippen molar-refractivity contribution in [1.29, 1.82) is 0 Å². The van der Waals surface area contributed by atoms with Gasteiger partial charge in [-0.2, -0.15) is 0 Å². The summed E-state index contributed by atoms with van der Waals surface area (Å²) in [7, 11) is 0. The van der Waals surface area contributed by atoms with E-state index in [2.05, 4.69) is 6.92 Å². The molecule has 3 heteroatoms. The zero-order chi connectivity index (χ0) is 11.0. The number of rotatable bonds is 2. The number of carboxylic acids is 1. The van der Waals surface area contributed by atoms with E-state index in [4.69, 9.17) is 5.73 Å². The lowest BCUT2D eigenvalue weighted by atomic mass is 9.61. The zero-order valence-corrected chi connectivity index (χ0v) is 9.34. The van der Waals surface area contributed by atoms with Crippen molar-refractivity contribution in [2.45, 2.75) is 52.0 Å². The van der Waals surface area contributed by atoms with Crippen molar-refractivity contribution in [2.75, 3.05) is 0 Å². The molecular formula is C11H21NO2. The van der Waals surface area contributed by atoms with Crippen LogP contribution in [0.4, 0.5) is 0 Å². The molecule has 1 aliphatic rings. The molecule has 3 N–H and O–H groups in total. The van der Waals surface area contributed by atoms with Crippen molar-refractivity contribution in [3.05, 3.63) is 0 Å². The number of carbonyl (C=O) groups is 1. The van der Waals surface area contributed by atoms with E-state index in [1.165, 1.54) is 0 Å². The van der Waals surface area contributed by atoms with Gasteiger partial charge in [0, 0.05) is 5.54 Å². The highest BCUT2D eigenvalue weighted by Crippen LogP contribution is 2.45. The van der Waals surface area contributed by atoms with E-state index >= 15 is 0 Å². The highest BCUT2D eigenvalue weighted by molar-refractivity contribution is 5.76. The summed E-state index contributed by atoms with van der Waals surface area (Å²) in [6.45, 7) is 5.78. The fourth-order valence-electron chi connectivity index (χ4n) is 2.61. The van der Waals surface area contributed by atoms with E-state index in [0.29, 0.717) is 12.3 Å².